The van der Waals surface area contributed by atoms with E-state index in [2.05, 4.69) is 0 Å². The number of aliphatic hydroxyl groups excluding tert-OH is 1. The number of aliphatic hydroxyl groups is 1. The van der Waals surface area contributed by atoms with Crippen LogP contribution in [0.4, 0.5) is 0 Å². The Labute approximate surface area is 132 Å². The lowest BCUT2D eigenvalue weighted by Crippen LogP contribution is -2.36. The van der Waals surface area contributed by atoms with E-state index in [4.69, 9.17) is 16.7 Å². The van der Waals surface area contributed by atoms with Crippen molar-refractivity contribution in [1.82, 2.24) is 9.80 Å². The molecule has 0 aromatic heterocycles. The topological polar surface area (TPSA) is 43.8 Å². The fourth-order valence-corrected chi connectivity index (χ4v) is 2.31. The molecule has 0 aliphatic heterocycles. The molecular formula is C16H25ClN2O2. The molecule has 0 radical (unpaired) electrons. The summed E-state index contributed by atoms with van der Waals surface area (Å²) in [6, 6.07) is 7.56. The van der Waals surface area contributed by atoms with E-state index in [0.29, 0.717) is 18.1 Å². The third-order valence-corrected chi connectivity index (χ3v) is 3.57. The first-order valence-corrected chi connectivity index (χ1v) is 7.68. The van der Waals surface area contributed by atoms with Crippen LogP contribution in [0.1, 0.15) is 24.8 Å². The van der Waals surface area contributed by atoms with Crippen molar-refractivity contribution >= 4 is 17.5 Å². The molecule has 118 valence electrons. The Morgan fingerprint density at radius 2 is 2.00 bits per heavy atom. The number of hydrogen-bond donors (Lipinski definition) is 1. The number of nitrogens with zero attached hydrogens (tertiary/aromatic N) is 2. The van der Waals surface area contributed by atoms with Crippen LogP contribution in [0.15, 0.2) is 24.3 Å². The fourth-order valence-electron chi connectivity index (χ4n) is 2.10. The van der Waals surface area contributed by atoms with Crippen LogP contribution in [0.2, 0.25) is 5.02 Å². The van der Waals surface area contributed by atoms with Crippen molar-refractivity contribution in [2.24, 2.45) is 0 Å². The van der Waals surface area contributed by atoms with Gasteiger partial charge in [-0.3, -0.25) is 9.69 Å². The second kappa shape index (κ2) is 9.77. The molecule has 0 atom stereocenters. The second-order valence-corrected chi connectivity index (χ2v) is 5.84. The Hall–Kier alpha value is -1.10. The van der Waals surface area contributed by atoms with E-state index in [1.54, 1.807) is 4.90 Å². The van der Waals surface area contributed by atoms with Crippen LogP contribution in [0, 0.1) is 0 Å². The first-order valence-electron chi connectivity index (χ1n) is 7.30. The third-order valence-electron chi connectivity index (χ3n) is 3.34. The first-order chi connectivity index (χ1) is 10.0. The minimum Gasteiger partial charge on any atom is -0.396 e. The molecule has 1 aromatic rings. The van der Waals surface area contributed by atoms with E-state index in [0.717, 1.165) is 31.4 Å². The van der Waals surface area contributed by atoms with Crippen molar-refractivity contribution in [3.63, 3.8) is 0 Å². The van der Waals surface area contributed by atoms with E-state index in [-0.39, 0.29) is 12.5 Å². The van der Waals surface area contributed by atoms with Gasteiger partial charge in [0.25, 0.3) is 0 Å². The summed E-state index contributed by atoms with van der Waals surface area (Å²) in [5.41, 5.74) is 1.03. The number of carbonyl (C=O) groups is 1. The quantitative estimate of drug-likeness (QED) is 0.712. The molecule has 1 rings (SSSR count). The molecular weight excluding hydrogens is 288 g/mol. The van der Waals surface area contributed by atoms with Gasteiger partial charge in [0.2, 0.25) is 5.91 Å². The minimum absolute atomic E-state index is 0.0969. The molecule has 0 bridgehead atoms. The van der Waals surface area contributed by atoms with Gasteiger partial charge in [-0.15, -0.1) is 0 Å². The highest BCUT2D eigenvalue weighted by atomic mass is 35.5. The number of rotatable bonds is 9. The zero-order valence-corrected chi connectivity index (χ0v) is 13.6. The summed E-state index contributed by atoms with van der Waals surface area (Å²) in [6.45, 7) is 2.09. The zero-order chi connectivity index (χ0) is 15.7. The maximum atomic E-state index is 12.1. The van der Waals surface area contributed by atoms with E-state index in [1.165, 1.54) is 0 Å². The summed E-state index contributed by atoms with van der Waals surface area (Å²) in [5, 5.41) is 9.41. The molecule has 0 saturated carbocycles. The van der Waals surface area contributed by atoms with Gasteiger partial charge in [0.1, 0.15) is 0 Å². The van der Waals surface area contributed by atoms with E-state index < -0.39 is 0 Å². The molecule has 0 spiro atoms. The van der Waals surface area contributed by atoms with E-state index >= 15 is 0 Å². The van der Waals surface area contributed by atoms with Crippen molar-refractivity contribution in [1.29, 1.82) is 0 Å². The van der Waals surface area contributed by atoms with Crippen LogP contribution in [0.25, 0.3) is 0 Å². The largest absolute Gasteiger partial charge is 0.396 e. The van der Waals surface area contributed by atoms with E-state index in [1.807, 2.05) is 43.3 Å². The Balaban J connectivity index is 2.33. The lowest BCUT2D eigenvalue weighted by Gasteiger charge is -2.22. The predicted molar refractivity (Wildman–Crippen MR) is 86.4 cm³/mol. The monoisotopic (exact) mass is 312 g/mol. The van der Waals surface area contributed by atoms with Gasteiger partial charge >= 0.3 is 0 Å². The van der Waals surface area contributed by atoms with Gasteiger partial charge in [0, 0.05) is 25.2 Å². The van der Waals surface area contributed by atoms with Crippen LogP contribution < -0.4 is 0 Å². The lowest BCUT2D eigenvalue weighted by atomic mass is 10.2. The summed E-state index contributed by atoms with van der Waals surface area (Å²) >= 11 is 5.95. The summed E-state index contributed by atoms with van der Waals surface area (Å²) in [6.07, 6.45) is 2.83. The van der Waals surface area contributed by atoms with E-state index in [9.17, 15) is 4.79 Å². The third kappa shape index (κ3) is 7.46. The Morgan fingerprint density at radius 1 is 1.24 bits per heavy atom. The minimum atomic E-state index is 0.0969. The van der Waals surface area contributed by atoms with Crippen molar-refractivity contribution in [2.75, 3.05) is 33.8 Å². The van der Waals surface area contributed by atoms with Gasteiger partial charge < -0.3 is 10.0 Å². The number of amides is 1. The number of hydrogen-bond acceptors (Lipinski definition) is 3. The zero-order valence-electron chi connectivity index (χ0n) is 12.9. The van der Waals surface area contributed by atoms with Crippen LogP contribution in [-0.4, -0.2) is 54.6 Å². The van der Waals surface area contributed by atoms with Gasteiger partial charge in [0.15, 0.2) is 0 Å². The molecule has 0 aliphatic carbocycles. The highest BCUT2D eigenvalue weighted by molar-refractivity contribution is 6.30. The summed E-state index contributed by atoms with van der Waals surface area (Å²) in [4.78, 5) is 15.9. The van der Waals surface area contributed by atoms with Crippen molar-refractivity contribution < 1.29 is 9.90 Å². The molecule has 21 heavy (non-hydrogen) atoms. The Bertz CT molecular complexity index is 440. The van der Waals surface area contributed by atoms with Gasteiger partial charge in [-0.1, -0.05) is 23.7 Å². The van der Waals surface area contributed by atoms with Crippen molar-refractivity contribution in [3.05, 3.63) is 34.9 Å². The Morgan fingerprint density at radius 3 is 2.67 bits per heavy atom. The molecule has 0 aliphatic rings. The van der Waals surface area contributed by atoms with Gasteiger partial charge in [-0.25, -0.2) is 0 Å². The molecule has 0 fully saturated rings. The predicted octanol–water partition coefficient (Wildman–Crippen LogP) is 2.39. The van der Waals surface area contributed by atoms with Crippen LogP contribution in [-0.2, 0) is 11.3 Å². The summed E-state index contributed by atoms with van der Waals surface area (Å²) in [7, 11) is 3.76. The molecule has 1 N–H and O–H groups in total. The smallest absolute Gasteiger partial charge is 0.236 e. The van der Waals surface area contributed by atoms with Crippen LogP contribution >= 0.6 is 11.6 Å². The highest BCUT2D eigenvalue weighted by Gasteiger charge is 2.12. The average Bonchev–Trinajstić information content (AvgIpc) is 2.43. The number of benzene rings is 1. The van der Waals surface area contributed by atoms with Crippen LogP contribution in [0.3, 0.4) is 0 Å². The normalized spacial score (nSPS) is 10.9. The maximum absolute atomic E-state index is 12.1. The molecule has 4 nitrogen and oxygen atoms in total. The number of unbranched alkanes of at least 4 members (excludes halogenated alkanes) is 2. The molecule has 0 unspecified atom stereocenters. The fraction of sp³-hybridized carbons (Fsp3) is 0.562. The highest BCUT2D eigenvalue weighted by Crippen LogP contribution is 2.12. The first kappa shape index (κ1) is 18.0. The van der Waals surface area contributed by atoms with Gasteiger partial charge in [-0.05, 0) is 50.6 Å². The number of carbonyl (C=O) groups excluding carboxylic acids is 1. The standard InChI is InChI=1S/C16H25ClN2O2/c1-18(9-4-3-5-10-20)13-16(21)19(2)12-14-7-6-8-15(17)11-14/h6-8,11,20H,3-5,9-10,12-13H2,1-2H3. The SMILES string of the molecule is CN(CCCCCO)CC(=O)N(C)Cc1cccc(Cl)c1. The van der Waals surface area contributed by atoms with Crippen LogP contribution in [0.5, 0.6) is 0 Å². The van der Waals surface area contributed by atoms with Crippen molar-refractivity contribution in [2.45, 2.75) is 25.8 Å². The van der Waals surface area contributed by atoms with Gasteiger partial charge in [0.05, 0.1) is 6.54 Å². The lowest BCUT2D eigenvalue weighted by molar-refractivity contribution is -0.131. The summed E-state index contributed by atoms with van der Waals surface area (Å²) < 4.78 is 0. The van der Waals surface area contributed by atoms with Crippen molar-refractivity contribution in [3.8, 4) is 0 Å². The molecule has 0 saturated heterocycles. The number of halogens is 1. The Kier molecular flexibility index (Phi) is 8.35. The molecule has 1 aromatic carbocycles. The average molecular weight is 313 g/mol. The van der Waals surface area contributed by atoms with Gasteiger partial charge in [-0.2, -0.15) is 0 Å². The second-order valence-electron chi connectivity index (χ2n) is 5.40. The summed E-state index contributed by atoms with van der Waals surface area (Å²) in [5.74, 6) is 0.0969. The molecule has 0 heterocycles. The maximum Gasteiger partial charge on any atom is 0.236 e. The molecule has 1 amide bonds. The molecule has 5 heteroatoms. The number of likely N-dealkylation sites (N-methyl/N-ethyl adjacent to an activating group) is 2.